The quantitative estimate of drug-likeness (QED) is 0.692. The summed E-state index contributed by atoms with van der Waals surface area (Å²) in [7, 11) is 1.46. The van der Waals surface area contributed by atoms with Crippen molar-refractivity contribution in [3.8, 4) is 0 Å². The maximum absolute atomic E-state index is 11.6. The third-order valence-corrected chi connectivity index (χ3v) is 3.44. The van der Waals surface area contributed by atoms with Crippen LogP contribution < -0.4 is 0 Å². The Hall–Kier alpha value is -1.31. The summed E-state index contributed by atoms with van der Waals surface area (Å²) in [6.07, 6.45) is 0. The molecule has 0 bridgehead atoms. The van der Waals surface area contributed by atoms with Crippen LogP contribution in [0.15, 0.2) is 30.3 Å². The van der Waals surface area contributed by atoms with Crippen molar-refractivity contribution in [1.82, 2.24) is 0 Å². The Morgan fingerprint density at radius 2 is 1.87 bits per heavy atom. The summed E-state index contributed by atoms with van der Waals surface area (Å²) in [4.78, 5) is 11.6. The van der Waals surface area contributed by atoms with Crippen LogP contribution in [0.3, 0.4) is 0 Å². The van der Waals surface area contributed by atoms with E-state index in [4.69, 9.17) is 4.74 Å². The fraction of sp³-hybridized carbons (Fsp3) is 0.462. The van der Waals surface area contributed by atoms with E-state index in [1.54, 1.807) is 0 Å². The van der Waals surface area contributed by atoms with Crippen molar-refractivity contribution >= 4 is 5.97 Å². The van der Waals surface area contributed by atoms with Crippen LogP contribution in [0.5, 0.6) is 0 Å². The summed E-state index contributed by atoms with van der Waals surface area (Å²) in [6.45, 7) is 4.23. The summed E-state index contributed by atoms with van der Waals surface area (Å²) >= 11 is 0. The molecule has 1 aromatic rings. The van der Waals surface area contributed by atoms with Crippen molar-refractivity contribution < 1.29 is 9.53 Å². The number of carbonyl (C=O) groups excluding carboxylic acids is 1. The first-order chi connectivity index (χ1) is 7.09. The predicted octanol–water partition coefficient (Wildman–Crippen LogP) is 2.60. The standard InChI is InChI=1S/C13H16O2/c1-13(2)10(11(13)12(14)15-3)9-7-5-4-6-8-9/h4-8,10-11H,1-3H3/t10-,11+/m0/s1. The molecular weight excluding hydrogens is 188 g/mol. The highest BCUT2D eigenvalue weighted by molar-refractivity contribution is 5.79. The van der Waals surface area contributed by atoms with Gasteiger partial charge in [-0.15, -0.1) is 0 Å². The molecule has 80 valence electrons. The molecule has 0 aliphatic heterocycles. The minimum atomic E-state index is -0.0890. The molecule has 0 N–H and O–H groups in total. The van der Waals surface area contributed by atoms with E-state index in [0.29, 0.717) is 5.92 Å². The van der Waals surface area contributed by atoms with Gasteiger partial charge in [0, 0.05) is 5.92 Å². The maximum Gasteiger partial charge on any atom is 0.309 e. The van der Waals surface area contributed by atoms with Crippen LogP contribution in [-0.4, -0.2) is 13.1 Å². The van der Waals surface area contributed by atoms with Crippen LogP contribution in [0.2, 0.25) is 0 Å². The Balaban J connectivity index is 2.23. The molecule has 0 radical (unpaired) electrons. The molecule has 1 aliphatic rings. The molecule has 15 heavy (non-hydrogen) atoms. The summed E-state index contributed by atoms with van der Waals surface area (Å²) in [5.74, 6) is 0.241. The highest BCUT2D eigenvalue weighted by Gasteiger charge is 2.62. The average molecular weight is 204 g/mol. The molecule has 0 unspecified atom stereocenters. The first kappa shape index (κ1) is 10.2. The minimum absolute atomic E-state index is 0.0184. The topological polar surface area (TPSA) is 26.3 Å². The molecule has 0 spiro atoms. The van der Waals surface area contributed by atoms with E-state index in [-0.39, 0.29) is 17.3 Å². The summed E-state index contributed by atoms with van der Waals surface area (Å²) in [6, 6.07) is 10.2. The molecule has 0 heterocycles. The maximum atomic E-state index is 11.6. The highest BCUT2D eigenvalue weighted by Crippen LogP contribution is 2.64. The number of ether oxygens (including phenoxy) is 1. The highest BCUT2D eigenvalue weighted by atomic mass is 16.5. The fourth-order valence-corrected chi connectivity index (χ4v) is 2.49. The Kier molecular flexibility index (Phi) is 2.29. The second-order valence-electron chi connectivity index (χ2n) is 4.71. The van der Waals surface area contributed by atoms with E-state index in [2.05, 4.69) is 26.0 Å². The SMILES string of the molecule is COC(=O)[C@H]1[C@H](c2ccccc2)C1(C)C. The number of benzene rings is 1. The monoisotopic (exact) mass is 204 g/mol. The van der Waals surface area contributed by atoms with Gasteiger partial charge in [0.05, 0.1) is 13.0 Å². The van der Waals surface area contributed by atoms with Crippen LogP contribution in [-0.2, 0) is 9.53 Å². The van der Waals surface area contributed by atoms with E-state index in [0.717, 1.165) is 0 Å². The van der Waals surface area contributed by atoms with Gasteiger partial charge in [0.1, 0.15) is 0 Å². The average Bonchev–Trinajstić information content (AvgIpc) is 2.82. The number of hydrogen-bond donors (Lipinski definition) is 0. The van der Waals surface area contributed by atoms with Crippen molar-refractivity contribution in [3.63, 3.8) is 0 Å². The molecule has 0 amide bonds. The summed E-state index contributed by atoms with van der Waals surface area (Å²) < 4.78 is 4.82. The van der Waals surface area contributed by atoms with Gasteiger partial charge in [0.25, 0.3) is 0 Å². The van der Waals surface area contributed by atoms with Crippen molar-refractivity contribution in [2.45, 2.75) is 19.8 Å². The number of hydrogen-bond acceptors (Lipinski definition) is 2. The van der Waals surface area contributed by atoms with Gasteiger partial charge >= 0.3 is 5.97 Å². The Morgan fingerprint density at radius 3 is 2.40 bits per heavy atom. The van der Waals surface area contributed by atoms with Gasteiger partial charge in [-0.05, 0) is 11.0 Å². The van der Waals surface area contributed by atoms with Crippen LogP contribution in [0.25, 0.3) is 0 Å². The molecule has 2 rings (SSSR count). The van der Waals surface area contributed by atoms with E-state index in [9.17, 15) is 4.79 Å². The van der Waals surface area contributed by atoms with E-state index in [1.165, 1.54) is 12.7 Å². The van der Waals surface area contributed by atoms with Crippen LogP contribution >= 0.6 is 0 Å². The molecule has 1 aliphatic carbocycles. The van der Waals surface area contributed by atoms with Crippen molar-refractivity contribution in [1.29, 1.82) is 0 Å². The number of rotatable bonds is 2. The van der Waals surface area contributed by atoms with Gasteiger partial charge in [-0.3, -0.25) is 4.79 Å². The van der Waals surface area contributed by atoms with Gasteiger partial charge in [0.2, 0.25) is 0 Å². The second-order valence-corrected chi connectivity index (χ2v) is 4.71. The van der Waals surface area contributed by atoms with E-state index < -0.39 is 0 Å². The Labute approximate surface area is 90.3 Å². The molecule has 2 nitrogen and oxygen atoms in total. The van der Waals surface area contributed by atoms with Gasteiger partial charge < -0.3 is 4.74 Å². The lowest BCUT2D eigenvalue weighted by Gasteiger charge is -2.01. The summed E-state index contributed by atoms with van der Waals surface area (Å²) in [5.41, 5.74) is 1.27. The molecule has 1 aromatic carbocycles. The van der Waals surface area contributed by atoms with Gasteiger partial charge in [-0.1, -0.05) is 44.2 Å². The molecule has 1 saturated carbocycles. The van der Waals surface area contributed by atoms with Crippen molar-refractivity contribution in [2.24, 2.45) is 11.3 Å². The van der Waals surface area contributed by atoms with Crippen LogP contribution in [0.1, 0.15) is 25.3 Å². The Morgan fingerprint density at radius 1 is 1.27 bits per heavy atom. The zero-order chi connectivity index (χ0) is 11.1. The number of carbonyl (C=O) groups is 1. The lowest BCUT2D eigenvalue weighted by Crippen LogP contribution is -2.07. The van der Waals surface area contributed by atoms with Gasteiger partial charge in [-0.2, -0.15) is 0 Å². The lowest BCUT2D eigenvalue weighted by atomic mass is 10.0. The molecule has 2 atom stereocenters. The first-order valence-corrected chi connectivity index (χ1v) is 5.22. The molecule has 1 fully saturated rings. The van der Waals surface area contributed by atoms with Crippen LogP contribution in [0.4, 0.5) is 0 Å². The van der Waals surface area contributed by atoms with Crippen molar-refractivity contribution in [2.75, 3.05) is 7.11 Å². The third-order valence-electron chi connectivity index (χ3n) is 3.44. The number of esters is 1. The summed E-state index contributed by atoms with van der Waals surface area (Å²) in [5, 5.41) is 0. The fourth-order valence-electron chi connectivity index (χ4n) is 2.49. The molecule has 0 saturated heterocycles. The minimum Gasteiger partial charge on any atom is -0.469 e. The predicted molar refractivity (Wildman–Crippen MR) is 58.5 cm³/mol. The van der Waals surface area contributed by atoms with Gasteiger partial charge in [0.15, 0.2) is 0 Å². The number of methoxy groups -OCH3 is 1. The normalized spacial score (nSPS) is 27.1. The molecule has 0 aromatic heterocycles. The third kappa shape index (κ3) is 1.54. The zero-order valence-corrected chi connectivity index (χ0v) is 9.36. The first-order valence-electron chi connectivity index (χ1n) is 5.22. The van der Waals surface area contributed by atoms with E-state index in [1.807, 2.05) is 18.2 Å². The Bertz CT molecular complexity index is 367. The lowest BCUT2D eigenvalue weighted by molar-refractivity contribution is -0.143. The van der Waals surface area contributed by atoms with Crippen LogP contribution in [0, 0.1) is 11.3 Å². The smallest absolute Gasteiger partial charge is 0.309 e. The van der Waals surface area contributed by atoms with Gasteiger partial charge in [-0.25, -0.2) is 0 Å². The van der Waals surface area contributed by atoms with E-state index >= 15 is 0 Å². The molecule has 2 heteroatoms. The largest absolute Gasteiger partial charge is 0.469 e. The zero-order valence-electron chi connectivity index (χ0n) is 9.36. The molecular formula is C13H16O2. The second kappa shape index (κ2) is 3.37. The van der Waals surface area contributed by atoms with Crippen molar-refractivity contribution in [3.05, 3.63) is 35.9 Å².